The summed E-state index contributed by atoms with van der Waals surface area (Å²) in [7, 11) is 0. The van der Waals surface area contributed by atoms with Crippen LogP contribution in [0.3, 0.4) is 0 Å². The van der Waals surface area contributed by atoms with Crippen molar-refractivity contribution >= 4 is 40.2 Å². The van der Waals surface area contributed by atoms with Gasteiger partial charge in [0.2, 0.25) is 0 Å². The van der Waals surface area contributed by atoms with Crippen LogP contribution in [-0.2, 0) is 0 Å². The van der Waals surface area contributed by atoms with Crippen LogP contribution in [0, 0.1) is 0 Å². The number of para-hydroxylation sites is 1. The van der Waals surface area contributed by atoms with E-state index in [4.69, 9.17) is 16.0 Å². The van der Waals surface area contributed by atoms with E-state index in [2.05, 4.69) is 6.07 Å². The van der Waals surface area contributed by atoms with Gasteiger partial charge in [-0.25, -0.2) is 0 Å². The number of hydrogen-bond donors (Lipinski definition) is 0. The Morgan fingerprint density at radius 3 is 2.76 bits per heavy atom. The molecular weight excluding hydrogens is 354 g/mol. The molecule has 4 rings (SSSR count). The van der Waals surface area contributed by atoms with Crippen molar-refractivity contribution in [1.29, 1.82) is 0 Å². The van der Waals surface area contributed by atoms with Crippen molar-refractivity contribution in [3.8, 4) is 0 Å². The predicted molar refractivity (Wildman–Crippen MR) is 103 cm³/mol. The summed E-state index contributed by atoms with van der Waals surface area (Å²) in [5.74, 6) is 1.28. The number of thioether (sulfide) groups is 1. The molecule has 1 saturated heterocycles. The molecule has 3 aromatic rings. The molecule has 0 aliphatic carbocycles. The van der Waals surface area contributed by atoms with E-state index in [1.54, 1.807) is 0 Å². The second-order valence-corrected chi connectivity index (χ2v) is 7.83. The monoisotopic (exact) mass is 371 g/mol. The zero-order valence-electron chi connectivity index (χ0n) is 13.7. The number of fused-ring (bicyclic) bond motifs is 1. The van der Waals surface area contributed by atoms with Crippen LogP contribution in [-0.4, -0.2) is 29.6 Å². The highest BCUT2D eigenvalue weighted by Gasteiger charge is 2.25. The highest BCUT2D eigenvalue weighted by molar-refractivity contribution is 7.99. The number of halogens is 1. The first-order valence-electron chi connectivity index (χ1n) is 8.36. The average molecular weight is 372 g/mol. The Balaban J connectivity index is 1.50. The van der Waals surface area contributed by atoms with Crippen LogP contribution in [0.1, 0.15) is 27.8 Å². The number of nitrogens with zero attached hydrogens (tertiary/aromatic N) is 1. The van der Waals surface area contributed by atoms with E-state index < -0.39 is 0 Å². The van der Waals surface area contributed by atoms with Gasteiger partial charge in [0, 0.05) is 34.5 Å². The number of amides is 1. The molecule has 1 atom stereocenters. The van der Waals surface area contributed by atoms with Crippen molar-refractivity contribution < 1.29 is 9.21 Å². The van der Waals surface area contributed by atoms with E-state index >= 15 is 0 Å². The Morgan fingerprint density at radius 2 is 1.92 bits per heavy atom. The van der Waals surface area contributed by atoms with E-state index in [1.807, 2.05) is 65.2 Å². The fraction of sp³-hybridized carbons (Fsp3) is 0.250. The van der Waals surface area contributed by atoms with Gasteiger partial charge in [-0.15, -0.1) is 0 Å². The minimum absolute atomic E-state index is 0.0309. The van der Waals surface area contributed by atoms with Crippen LogP contribution in [0.15, 0.2) is 59.0 Å². The molecule has 3 nitrogen and oxygen atoms in total. The molecule has 1 fully saturated rings. The topological polar surface area (TPSA) is 33.5 Å². The Labute approximate surface area is 155 Å². The Bertz CT molecular complexity index is 874. The predicted octanol–water partition coefficient (Wildman–Crippen LogP) is 5.41. The lowest BCUT2D eigenvalue weighted by Gasteiger charge is -2.19. The van der Waals surface area contributed by atoms with Crippen molar-refractivity contribution in [2.24, 2.45) is 0 Å². The second kappa shape index (κ2) is 7.14. The van der Waals surface area contributed by atoms with Crippen LogP contribution in [0.2, 0.25) is 5.02 Å². The standard InChI is InChI=1S/C20H18ClNO2S/c21-16-7-3-2-6-15(16)19-9-10-22(11-12-25-19)20(23)18-13-14-5-1-4-8-17(14)24-18/h1-8,13,19H,9-12H2/t19-/m1/s1. The molecular formula is C20H18ClNO2S. The highest BCUT2D eigenvalue weighted by Crippen LogP contribution is 2.38. The van der Waals surface area contributed by atoms with Gasteiger partial charge in [0.05, 0.1) is 0 Å². The average Bonchev–Trinajstić information content (AvgIpc) is 2.92. The number of furan rings is 1. The molecule has 128 valence electrons. The van der Waals surface area contributed by atoms with Crippen molar-refractivity contribution in [1.82, 2.24) is 4.90 Å². The van der Waals surface area contributed by atoms with Gasteiger partial charge in [-0.3, -0.25) is 4.79 Å². The molecule has 25 heavy (non-hydrogen) atoms. The summed E-state index contributed by atoms with van der Waals surface area (Å²) < 4.78 is 5.74. The Kier molecular flexibility index (Phi) is 4.73. The quantitative estimate of drug-likeness (QED) is 0.604. The lowest BCUT2D eigenvalue weighted by atomic mass is 10.1. The van der Waals surface area contributed by atoms with Crippen LogP contribution < -0.4 is 0 Å². The molecule has 0 bridgehead atoms. The zero-order valence-corrected chi connectivity index (χ0v) is 15.2. The first kappa shape index (κ1) is 16.6. The van der Waals surface area contributed by atoms with Crippen molar-refractivity contribution in [3.63, 3.8) is 0 Å². The molecule has 1 aliphatic heterocycles. The second-order valence-electron chi connectivity index (χ2n) is 6.11. The number of rotatable bonds is 2. The normalized spacial score (nSPS) is 18.3. The largest absolute Gasteiger partial charge is 0.451 e. The van der Waals surface area contributed by atoms with Crippen molar-refractivity contribution in [2.75, 3.05) is 18.8 Å². The summed E-state index contributed by atoms with van der Waals surface area (Å²) in [6.07, 6.45) is 0.889. The van der Waals surface area contributed by atoms with Crippen LogP contribution in [0.5, 0.6) is 0 Å². The fourth-order valence-corrected chi connectivity index (χ4v) is 4.80. The first-order chi connectivity index (χ1) is 12.2. The summed E-state index contributed by atoms with van der Waals surface area (Å²) in [4.78, 5) is 14.7. The third-order valence-electron chi connectivity index (χ3n) is 4.52. The molecule has 5 heteroatoms. The summed E-state index contributed by atoms with van der Waals surface area (Å²) in [6.45, 7) is 1.43. The first-order valence-corrected chi connectivity index (χ1v) is 9.79. The van der Waals surface area contributed by atoms with E-state index in [1.165, 1.54) is 0 Å². The van der Waals surface area contributed by atoms with E-state index in [-0.39, 0.29) is 5.91 Å². The molecule has 0 spiro atoms. The van der Waals surface area contributed by atoms with Gasteiger partial charge in [-0.05, 0) is 30.2 Å². The van der Waals surface area contributed by atoms with E-state index in [9.17, 15) is 4.79 Å². The van der Waals surface area contributed by atoms with Gasteiger partial charge < -0.3 is 9.32 Å². The van der Waals surface area contributed by atoms with Crippen molar-refractivity contribution in [2.45, 2.75) is 11.7 Å². The summed E-state index contributed by atoms with van der Waals surface area (Å²) >= 11 is 8.21. The maximum absolute atomic E-state index is 12.8. The highest BCUT2D eigenvalue weighted by atomic mass is 35.5. The number of benzene rings is 2. The lowest BCUT2D eigenvalue weighted by molar-refractivity contribution is 0.0737. The van der Waals surface area contributed by atoms with Gasteiger partial charge >= 0.3 is 0 Å². The third-order valence-corrected chi connectivity index (χ3v) is 6.17. The van der Waals surface area contributed by atoms with Crippen LogP contribution >= 0.6 is 23.4 Å². The number of carbonyl (C=O) groups is 1. The van der Waals surface area contributed by atoms with Crippen molar-refractivity contribution in [3.05, 3.63) is 70.9 Å². The molecule has 0 N–H and O–H groups in total. The molecule has 2 aromatic carbocycles. The minimum atomic E-state index is -0.0309. The minimum Gasteiger partial charge on any atom is -0.451 e. The molecule has 0 radical (unpaired) electrons. The van der Waals surface area contributed by atoms with Gasteiger partial charge in [-0.2, -0.15) is 11.8 Å². The Hall–Kier alpha value is -1.91. The maximum Gasteiger partial charge on any atom is 0.289 e. The summed E-state index contributed by atoms with van der Waals surface area (Å²) in [6, 6.07) is 17.5. The van der Waals surface area contributed by atoms with Gasteiger partial charge in [0.25, 0.3) is 5.91 Å². The summed E-state index contributed by atoms with van der Waals surface area (Å²) in [5.41, 5.74) is 1.91. The Morgan fingerprint density at radius 1 is 1.12 bits per heavy atom. The van der Waals surface area contributed by atoms with Crippen LogP contribution in [0.4, 0.5) is 0 Å². The molecule has 1 amide bonds. The number of hydrogen-bond acceptors (Lipinski definition) is 3. The van der Waals surface area contributed by atoms with E-state index in [0.717, 1.165) is 40.3 Å². The zero-order chi connectivity index (χ0) is 17.2. The lowest BCUT2D eigenvalue weighted by Crippen LogP contribution is -2.32. The van der Waals surface area contributed by atoms with E-state index in [0.29, 0.717) is 17.6 Å². The SMILES string of the molecule is O=C(c1cc2ccccc2o1)N1CCS[C@@H](c2ccccc2Cl)CC1. The summed E-state index contributed by atoms with van der Waals surface area (Å²) in [5, 5.41) is 2.09. The maximum atomic E-state index is 12.8. The third kappa shape index (κ3) is 3.42. The number of carbonyl (C=O) groups excluding carboxylic acids is 1. The van der Waals surface area contributed by atoms with Gasteiger partial charge in [-0.1, -0.05) is 48.0 Å². The molecule has 1 aromatic heterocycles. The van der Waals surface area contributed by atoms with Crippen LogP contribution in [0.25, 0.3) is 11.0 Å². The fourth-order valence-electron chi connectivity index (χ4n) is 3.20. The molecule has 0 unspecified atom stereocenters. The van der Waals surface area contributed by atoms with Gasteiger partial charge in [0.1, 0.15) is 5.58 Å². The molecule has 2 heterocycles. The van der Waals surface area contributed by atoms with Gasteiger partial charge in [0.15, 0.2) is 5.76 Å². The molecule has 1 aliphatic rings. The molecule has 0 saturated carbocycles. The smallest absolute Gasteiger partial charge is 0.289 e.